The third kappa shape index (κ3) is 3.93. The Morgan fingerprint density at radius 2 is 2.00 bits per heavy atom. The van der Waals surface area contributed by atoms with Crippen molar-refractivity contribution in [2.45, 2.75) is 32.4 Å². The molecule has 1 aromatic carbocycles. The second-order valence-electron chi connectivity index (χ2n) is 5.98. The van der Waals surface area contributed by atoms with Gasteiger partial charge in [-0.15, -0.1) is 0 Å². The van der Waals surface area contributed by atoms with Gasteiger partial charge >= 0.3 is 6.09 Å². The first-order valence-electron chi connectivity index (χ1n) is 6.82. The summed E-state index contributed by atoms with van der Waals surface area (Å²) < 4.78 is 18.3. The molecule has 1 aliphatic rings. The predicted molar refractivity (Wildman–Crippen MR) is 75.0 cm³/mol. The first kappa shape index (κ1) is 14.8. The Hall–Kier alpha value is -1.62. The van der Waals surface area contributed by atoms with Crippen molar-refractivity contribution in [2.75, 3.05) is 19.6 Å². The van der Waals surface area contributed by atoms with Crippen molar-refractivity contribution in [1.82, 2.24) is 10.2 Å². The summed E-state index contributed by atoms with van der Waals surface area (Å²) in [5.41, 5.74) is 0.479. The predicted octanol–water partition coefficient (Wildman–Crippen LogP) is 2.71. The Balaban J connectivity index is 2.01. The first-order valence-corrected chi connectivity index (χ1v) is 6.82. The molecule has 4 nitrogen and oxygen atoms in total. The van der Waals surface area contributed by atoms with E-state index in [0.717, 1.165) is 5.56 Å². The van der Waals surface area contributed by atoms with Gasteiger partial charge in [-0.2, -0.15) is 0 Å². The number of hydrogen-bond donors (Lipinski definition) is 1. The molecule has 1 amide bonds. The molecule has 1 aromatic rings. The average molecular weight is 280 g/mol. The van der Waals surface area contributed by atoms with Crippen LogP contribution in [0.1, 0.15) is 32.4 Å². The minimum Gasteiger partial charge on any atom is -0.444 e. The molecule has 0 bridgehead atoms. The van der Waals surface area contributed by atoms with Crippen LogP contribution in [0.15, 0.2) is 24.3 Å². The number of benzene rings is 1. The zero-order valence-electron chi connectivity index (χ0n) is 12.1. The largest absolute Gasteiger partial charge is 0.444 e. The summed E-state index contributed by atoms with van der Waals surface area (Å²) in [6, 6.07) is 6.36. The molecule has 110 valence electrons. The van der Waals surface area contributed by atoms with Crippen molar-refractivity contribution >= 4 is 6.09 Å². The molecule has 0 aliphatic carbocycles. The Kier molecular flexibility index (Phi) is 4.28. The molecule has 5 heteroatoms. The van der Waals surface area contributed by atoms with Crippen LogP contribution in [0.3, 0.4) is 0 Å². The number of amides is 1. The van der Waals surface area contributed by atoms with Crippen LogP contribution in [0, 0.1) is 5.82 Å². The lowest BCUT2D eigenvalue weighted by Gasteiger charge is -2.35. The van der Waals surface area contributed by atoms with E-state index in [9.17, 15) is 9.18 Å². The van der Waals surface area contributed by atoms with E-state index in [0.29, 0.717) is 19.6 Å². The standard InChI is InChI=1S/C15H21FN2O2/c1-15(2,3)20-14(19)18-9-8-17-13(10-18)11-4-6-12(16)7-5-11/h4-7,13,17H,8-10H2,1-3H3. The monoisotopic (exact) mass is 280 g/mol. The molecule has 0 saturated carbocycles. The van der Waals surface area contributed by atoms with Crippen LogP contribution in [0.25, 0.3) is 0 Å². The molecule has 0 aromatic heterocycles. The topological polar surface area (TPSA) is 41.6 Å². The van der Waals surface area contributed by atoms with Crippen molar-refractivity contribution in [1.29, 1.82) is 0 Å². The summed E-state index contributed by atoms with van der Waals surface area (Å²) in [6.07, 6.45) is -0.300. The molecule has 20 heavy (non-hydrogen) atoms. The second-order valence-corrected chi connectivity index (χ2v) is 5.98. The highest BCUT2D eigenvalue weighted by Gasteiger charge is 2.27. The minimum absolute atomic E-state index is 0.0110. The molecule has 1 atom stereocenters. The molecule has 1 unspecified atom stereocenters. The number of ether oxygens (including phenoxy) is 1. The van der Waals surface area contributed by atoms with E-state index in [-0.39, 0.29) is 18.0 Å². The van der Waals surface area contributed by atoms with E-state index in [2.05, 4.69) is 5.32 Å². The van der Waals surface area contributed by atoms with Crippen LogP contribution in [0.2, 0.25) is 0 Å². The second kappa shape index (κ2) is 5.79. The summed E-state index contributed by atoms with van der Waals surface area (Å²) in [5.74, 6) is -0.256. The molecular formula is C15H21FN2O2. The fraction of sp³-hybridized carbons (Fsp3) is 0.533. The highest BCUT2D eigenvalue weighted by molar-refractivity contribution is 5.68. The van der Waals surface area contributed by atoms with Gasteiger partial charge in [0.1, 0.15) is 11.4 Å². The van der Waals surface area contributed by atoms with Crippen LogP contribution in [0.5, 0.6) is 0 Å². The van der Waals surface area contributed by atoms with Gasteiger partial charge in [0.05, 0.1) is 6.04 Å². The summed E-state index contributed by atoms with van der Waals surface area (Å²) in [6.45, 7) is 7.40. The zero-order chi connectivity index (χ0) is 14.8. The molecule has 1 fully saturated rings. The summed E-state index contributed by atoms with van der Waals surface area (Å²) in [4.78, 5) is 13.8. The molecule has 1 saturated heterocycles. The third-order valence-corrected chi connectivity index (χ3v) is 3.10. The molecule has 1 aliphatic heterocycles. The van der Waals surface area contributed by atoms with Crippen LogP contribution in [-0.2, 0) is 4.74 Å². The van der Waals surface area contributed by atoms with Crippen molar-refractivity contribution in [3.05, 3.63) is 35.6 Å². The lowest BCUT2D eigenvalue weighted by Crippen LogP contribution is -2.49. The minimum atomic E-state index is -0.493. The number of nitrogens with zero attached hydrogens (tertiary/aromatic N) is 1. The number of piperazine rings is 1. The molecular weight excluding hydrogens is 259 g/mol. The van der Waals surface area contributed by atoms with Crippen molar-refractivity contribution in [3.8, 4) is 0 Å². The molecule has 0 spiro atoms. The molecule has 0 radical (unpaired) electrons. The summed E-state index contributed by atoms with van der Waals surface area (Å²) in [7, 11) is 0. The Morgan fingerprint density at radius 3 is 2.60 bits per heavy atom. The van der Waals surface area contributed by atoms with Gasteiger partial charge in [-0.05, 0) is 38.5 Å². The van der Waals surface area contributed by atoms with Gasteiger partial charge in [0.25, 0.3) is 0 Å². The van der Waals surface area contributed by atoms with E-state index >= 15 is 0 Å². The van der Waals surface area contributed by atoms with E-state index in [1.807, 2.05) is 20.8 Å². The highest BCUT2D eigenvalue weighted by Crippen LogP contribution is 2.19. The lowest BCUT2D eigenvalue weighted by atomic mass is 10.0. The van der Waals surface area contributed by atoms with Gasteiger partial charge < -0.3 is 15.0 Å². The number of carbonyl (C=O) groups is 1. The Labute approximate surface area is 118 Å². The molecule has 2 rings (SSSR count). The Bertz CT molecular complexity index is 468. The van der Waals surface area contributed by atoms with Crippen LogP contribution < -0.4 is 5.32 Å². The van der Waals surface area contributed by atoms with Crippen molar-refractivity contribution in [3.63, 3.8) is 0 Å². The summed E-state index contributed by atoms with van der Waals surface area (Å²) in [5, 5.41) is 3.33. The maximum absolute atomic E-state index is 12.9. The number of carbonyl (C=O) groups excluding carboxylic acids is 1. The quantitative estimate of drug-likeness (QED) is 0.860. The maximum Gasteiger partial charge on any atom is 0.410 e. The smallest absolute Gasteiger partial charge is 0.410 e. The van der Waals surface area contributed by atoms with Crippen molar-refractivity contribution < 1.29 is 13.9 Å². The van der Waals surface area contributed by atoms with E-state index < -0.39 is 5.60 Å². The highest BCUT2D eigenvalue weighted by atomic mass is 19.1. The van der Waals surface area contributed by atoms with Gasteiger partial charge in [-0.1, -0.05) is 12.1 Å². The van der Waals surface area contributed by atoms with Crippen LogP contribution >= 0.6 is 0 Å². The number of rotatable bonds is 1. The van der Waals surface area contributed by atoms with Gasteiger partial charge in [0.15, 0.2) is 0 Å². The SMILES string of the molecule is CC(C)(C)OC(=O)N1CCNC(c2ccc(F)cc2)C1. The number of nitrogens with one attached hydrogen (secondary N) is 1. The fourth-order valence-electron chi connectivity index (χ4n) is 2.16. The van der Waals surface area contributed by atoms with Crippen LogP contribution in [-0.4, -0.2) is 36.2 Å². The van der Waals surface area contributed by atoms with Gasteiger partial charge in [-0.3, -0.25) is 0 Å². The maximum atomic E-state index is 12.9. The van der Waals surface area contributed by atoms with E-state index in [1.165, 1.54) is 12.1 Å². The lowest BCUT2D eigenvalue weighted by molar-refractivity contribution is 0.0195. The zero-order valence-corrected chi connectivity index (χ0v) is 12.1. The number of hydrogen-bond acceptors (Lipinski definition) is 3. The van der Waals surface area contributed by atoms with E-state index in [4.69, 9.17) is 4.74 Å². The van der Waals surface area contributed by atoms with Gasteiger partial charge in [-0.25, -0.2) is 9.18 Å². The van der Waals surface area contributed by atoms with Gasteiger partial charge in [0.2, 0.25) is 0 Å². The third-order valence-electron chi connectivity index (χ3n) is 3.10. The fourth-order valence-corrected chi connectivity index (χ4v) is 2.16. The van der Waals surface area contributed by atoms with Gasteiger partial charge in [0, 0.05) is 19.6 Å². The first-order chi connectivity index (χ1) is 9.35. The van der Waals surface area contributed by atoms with E-state index in [1.54, 1.807) is 17.0 Å². The Morgan fingerprint density at radius 1 is 1.35 bits per heavy atom. The van der Waals surface area contributed by atoms with Crippen molar-refractivity contribution in [2.24, 2.45) is 0 Å². The molecule has 1 N–H and O–H groups in total. The number of halogens is 1. The normalized spacial score (nSPS) is 19.8. The molecule has 1 heterocycles. The summed E-state index contributed by atoms with van der Waals surface area (Å²) >= 11 is 0. The average Bonchev–Trinajstić information content (AvgIpc) is 2.38. The van der Waals surface area contributed by atoms with Crippen LogP contribution in [0.4, 0.5) is 9.18 Å².